The highest BCUT2D eigenvalue weighted by Gasteiger charge is 2.16. The predicted molar refractivity (Wildman–Crippen MR) is 91.8 cm³/mol. The van der Waals surface area contributed by atoms with Crippen LogP contribution in [0.15, 0.2) is 24.3 Å². The molecule has 0 unspecified atom stereocenters. The zero-order valence-electron chi connectivity index (χ0n) is 13.8. The van der Waals surface area contributed by atoms with Crippen LogP contribution in [0.2, 0.25) is 0 Å². The van der Waals surface area contributed by atoms with Gasteiger partial charge in [0.15, 0.2) is 0 Å². The van der Waals surface area contributed by atoms with Crippen LogP contribution >= 0.6 is 11.8 Å². The summed E-state index contributed by atoms with van der Waals surface area (Å²) in [6.45, 7) is 7.19. The second kappa shape index (κ2) is 8.57. The molecule has 0 atom stereocenters. The van der Waals surface area contributed by atoms with Crippen LogP contribution in [0.4, 0.5) is 10.5 Å². The van der Waals surface area contributed by atoms with Gasteiger partial charge < -0.3 is 10.1 Å². The summed E-state index contributed by atoms with van der Waals surface area (Å²) in [5.41, 5.74) is 0.385. The number of carbonyl (C=O) groups is 3. The number of benzene rings is 1. The zero-order valence-corrected chi connectivity index (χ0v) is 14.6. The van der Waals surface area contributed by atoms with Crippen LogP contribution in [0.1, 0.15) is 38.1 Å². The molecule has 0 aliphatic rings. The van der Waals surface area contributed by atoms with Gasteiger partial charge in [-0.2, -0.15) is 0 Å². The summed E-state index contributed by atoms with van der Waals surface area (Å²) in [6, 6.07) is 6.64. The lowest BCUT2D eigenvalue weighted by molar-refractivity contribution is -0.118. The standard InChI is InChI=1S/C16H22N2O4S/c1-11(19)17-8-9-23-14(20)12-6-5-7-13(10-12)18-15(21)22-16(2,3)4/h5-7,10H,8-9H2,1-4H3,(H,17,19)(H,18,21). The molecule has 0 fully saturated rings. The molecule has 6 nitrogen and oxygen atoms in total. The van der Waals surface area contributed by atoms with Gasteiger partial charge in [0.25, 0.3) is 0 Å². The maximum absolute atomic E-state index is 12.1. The van der Waals surface area contributed by atoms with E-state index in [1.807, 2.05) is 0 Å². The van der Waals surface area contributed by atoms with Crippen LogP contribution in [0.25, 0.3) is 0 Å². The van der Waals surface area contributed by atoms with E-state index in [9.17, 15) is 14.4 Å². The highest BCUT2D eigenvalue weighted by molar-refractivity contribution is 8.14. The minimum Gasteiger partial charge on any atom is -0.444 e. The fourth-order valence-electron chi connectivity index (χ4n) is 1.60. The van der Waals surface area contributed by atoms with E-state index in [0.29, 0.717) is 23.5 Å². The largest absolute Gasteiger partial charge is 0.444 e. The third kappa shape index (κ3) is 8.25. The van der Waals surface area contributed by atoms with Crippen LogP contribution < -0.4 is 10.6 Å². The van der Waals surface area contributed by atoms with Crippen molar-refractivity contribution in [1.29, 1.82) is 0 Å². The molecule has 2 N–H and O–H groups in total. The van der Waals surface area contributed by atoms with E-state index >= 15 is 0 Å². The summed E-state index contributed by atoms with van der Waals surface area (Å²) in [5, 5.41) is 5.10. The number of hydrogen-bond donors (Lipinski definition) is 2. The fraction of sp³-hybridized carbons (Fsp3) is 0.438. The Bertz CT molecular complexity index is 582. The smallest absolute Gasteiger partial charge is 0.412 e. The number of hydrogen-bond acceptors (Lipinski definition) is 5. The minimum absolute atomic E-state index is 0.122. The van der Waals surface area contributed by atoms with Gasteiger partial charge in [0, 0.05) is 30.5 Å². The molecule has 0 spiro atoms. The van der Waals surface area contributed by atoms with E-state index in [-0.39, 0.29) is 11.0 Å². The quantitative estimate of drug-likeness (QED) is 0.806. The zero-order chi connectivity index (χ0) is 17.5. The highest BCUT2D eigenvalue weighted by atomic mass is 32.2. The first-order valence-corrected chi connectivity index (χ1v) is 8.17. The first kappa shape index (κ1) is 19.0. The first-order chi connectivity index (χ1) is 10.7. The summed E-state index contributed by atoms with van der Waals surface area (Å²) in [4.78, 5) is 34.5. The monoisotopic (exact) mass is 338 g/mol. The maximum Gasteiger partial charge on any atom is 0.412 e. The molecule has 0 aliphatic carbocycles. The summed E-state index contributed by atoms with van der Waals surface area (Å²) in [7, 11) is 0. The van der Waals surface area contributed by atoms with Gasteiger partial charge in [0.2, 0.25) is 11.0 Å². The van der Waals surface area contributed by atoms with Crippen molar-refractivity contribution in [3.05, 3.63) is 29.8 Å². The second-order valence-corrected chi connectivity index (χ2v) is 6.89. The van der Waals surface area contributed by atoms with E-state index in [0.717, 1.165) is 11.8 Å². The Hall–Kier alpha value is -2.02. The van der Waals surface area contributed by atoms with E-state index in [1.54, 1.807) is 45.0 Å². The molecule has 0 bridgehead atoms. The molecule has 0 aliphatic heterocycles. The SMILES string of the molecule is CC(=O)NCCSC(=O)c1cccc(NC(=O)OC(C)(C)C)c1. The van der Waals surface area contributed by atoms with Gasteiger partial charge in [0.05, 0.1) is 0 Å². The lowest BCUT2D eigenvalue weighted by Crippen LogP contribution is -2.27. The molecule has 0 aromatic heterocycles. The average molecular weight is 338 g/mol. The number of rotatable bonds is 5. The molecule has 2 amide bonds. The molecule has 1 aromatic rings. The van der Waals surface area contributed by atoms with Gasteiger partial charge in [-0.3, -0.25) is 14.9 Å². The third-order valence-electron chi connectivity index (χ3n) is 2.45. The number of thioether (sulfide) groups is 1. The van der Waals surface area contributed by atoms with Crippen LogP contribution in [0, 0.1) is 0 Å². The summed E-state index contributed by atoms with van der Waals surface area (Å²) in [5.74, 6) is 0.365. The Kier molecular flexibility index (Phi) is 7.09. The van der Waals surface area contributed by atoms with Gasteiger partial charge >= 0.3 is 6.09 Å². The van der Waals surface area contributed by atoms with Gasteiger partial charge in [0.1, 0.15) is 5.60 Å². The average Bonchev–Trinajstić information content (AvgIpc) is 2.41. The number of ether oxygens (including phenoxy) is 1. The lowest BCUT2D eigenvalue weighted by atomic mass is 10.2. The third-order valence-corrected chi connectivity index (χ3v) is 3.36. The molecular formula is C16H22N2O4S. The Morgan fingerprint density at radius 1 is 1.22 bits per heavy atom. The van der Waals surface area contributed by atoms with Gasteiger partial charge in [-0.15, -0.1) is 0 Å². The van der Waals surface area contributed by atoms with Crippen LogP contribution in [-0.2, 0) is 9.53 Å². The lowest BCUT2D eigenvalue weighted by Gasteiger charge is -2.19. The molecule has 0 radical (unpaired) electrons. The maximum atomic E-state index is 12.1. The van der Waals surface area contributed by atoms with Crippen molar-refractivity contribution < 1.29 is 19.1 Å². The van der Waals surface area contributed by atoms with E-state index < -0.39 is 11.7 Å². The first-order valence-electron chi connectivity index (χ1n) is 7.19. The molecular weight excluding hydrogens is 316 g/mol. The molecule has 0 saturated carbocycles. The van der Waals surface area contributed by atoms with Gasteiger partial charge in [-0.1, -0.05) is 23.9 Å². The molecule has 7 heteroatoms. The van der Waals surface area contributed by atoms with Crippen LogP contribution in [-0.4, -0.2) is 35.0 Å². The Morgan fingerprint density at radius 3 is 2.52 bits per heavy atom. The van der Waals surface area contributed by atoms with Gasteiger partial charge in [-0.05, 0) is 32.9 Å². The molecule has 0 saturated heterocycles. The molecule has 0 heterocycles. The van der Waals surface area contributed by atoms with Crippen LogP contribution in [0.5, 0.6) is 0 Å². The van der Waals surface area contributed by atoms with Crippen molar-refractivity contribution >= 4 is 34.6 Å². The van der Waals surface area contributed by atoms with Crippen molar-refractivity contribution in [2.75, 3.05) is 17.6 Å². The predicted octanol–water partition coefficient (Wildman–Crippen LogP) is 3.04. The van der Waals surface area contributed by atoms with Crippen molar-refractivity contribution in [3.8, 4) is 0 Å². The number of nitrogens with one attached hydrogen (secondary N) is 2. The molecule has 1 aromatic carbocycles. The normalized spacial score (nSPS) is 10.8. The summed E-state index contributed by atoms with van der Waals surface area (Å²) < 4.78 is 5.16. The Morgan fingerprint density at radius 2 is 1.91 bits per heavy atom. The topological polar surface area (TPSA) is 84.5 Å². The van der Waals surface area contributed by atoms with Crippen molar-refractivity contribution in [1.82, 2.24) is 5.32 Å². The Labute approximate surface area is 140 Å². The van der Waals surface area contributed by atoms with Crippen molar-refractivity contribution in [2.24, 2.45) is 0 Å². The van der Waals surface area contributed by atoms with E-state index in [2.05, 4.69) is 10.6 Å². The number of carbonyl (C=O) groups excluding carboxylic acids is 3. The fourth-order valence-corrected chi connectivity index (χ4v) is 2.28. The minimum atomic E-state index is -0.586. The number of anilines is 1. The van der Waals surface area contributed by atoms with Crippen LogP contribution in [0.3, 0.4) is 0 Å². The molecule has 126 valence electrons. The molecule has 1 rings (SSSR count). The van der Waals surface area contributed by atoms with E-state index in [1.165, 1.54) is 6.92 Å². The van der Waals surface area contributed by atoms with Crippen molar-refractivity contribution in [2.45, 2.75) is 33.3 Å². The van der Waals surface area contributed by atoms with Crippen molar-refractivity contribution in [3.63, 3.8) is 0 Å². The second-order valence-electron chi connectivity index (χ2n) is 5.83. The summed E-state index contributed by atoms with van der Waals surface area (Å²) in [6.07, 6.45) is -0.569. The molecule has 23 heavy (non-hydrogen) atoms. The highest BCUT2D eigenvalue weighted by Crippen LogP contribution is 2.17. The number of amides is 2. The van der Waals surface area contributed by atoms with E-state index in [4.69, 9.17) is 4.74 Å². The Balaban J connectivity index is 2.57. The summed E-state index contributed by atoms with van der Waals surface area (Å²) >= 11 is 1.11. The van der Waals surface area contributed by atoms with Gasteiger partial charge in [-0.25, -0.2) is 4.79 Å².